The number of phenolic OH excluding ortho intramolecular Hbond substituents is 1. The van der Waals surface area contributed by atoms with E-state index in [1.165, 1.54) is 6.07 Å². The first kappa shape index (κ1) is 38.2. The van der Waals surface area contributed by atoms with E-state index in [4.69, 9.17) is 18.9 Å². The number of carboxylic acids is 1. The molecule has 0 radical (unpaired) electrons. The van der Waals surface area contributed by atoms with Crippen molar-refractivity contribution < 1.29 is 69.7 Å². The van der Waals surface area contributed by atoms with Gasteiger partial charge in [-0.25, -0.2) is 4.79 Å². The van der Waals surface area contributed by atoms with Gasteiger partial charge in [0, 0.05) is 11.5 Å². The molecule has 2 saturated heterocycles. The highest BCUT2D eigenvalue weighted by Gasteiger charge is 2.52. The Hall–Kier alpha value is -2.63. The molecule has 12 atom stereocenters. The Morgan fingerprint density at radius 1 is 0.958 bits per heavy atom. The Balaban J connectivity index is 1.87. The summed E-state index contributed by atoms with van der Waals surface area (Å²) in [5.74, 6) is -2.65. The number of carbonyl (C=O) groups is 1. The molecule has 0 amide bonds. The molecular formula is C34H50O14. The number of aliphatic hydroxyl groups is 7. The topological polar surface area (TPSA) is 236 Å². The highest BCUT2D eigenvalue weighted by Crippen LogP contribution is 2.49. The van der Waals surface area contributed by atoms with Crippen molar-refractivity contribution >= 4 is 5.97 Å². The van der Waals surface area contributed by atoms with Crippen LogP contribution in [0.5, 0.6) is 11.5 Å². The molecule has 9 N–H and O–H groups in total. The van der Waals surface area contributed by atoms with E-state index in [1.54, 1.807) is 0 Å². The van der Waals surface area contributed by atoms with Crippen molar-refractivity contribution in [2.45, 2.75) is 127 Å². The van der Waals surface area contributed by atoms with E-state index in [-0.39, 0.29) is 34.1 Å². The maximum atomic E-state index is 13.0. The number of aromatic hydroxyl groups is 1. The van der Waals surface area contributed by atoms with E-state index in [9.17, 15) is 50.8 Å². The molecular weight excluding hydrogens is 632 g/mol. The van der Waals surface area contributed by atoms with Gasteiger partial charge in [-0.2, -0.15) is 0 Å². The third-order valence-corrected chi connectivity index (χ3v) is 9.56. The molecule has 2 heterocycles. The standard InChI is InChI=1S/C34H50O14/c1-5-6-7-8-17-12-20(37)24(19-11-16(4)9-10-18(19)15(2)3)30(23(17)32(43)44)47-34-31(28(41)26(39)22(14-36)46-34)48-33-29(42)27(40)25(38)21(13-35)45-33/h11-12,18-19,21-22,25-29,31,33-42H,2,5-10,13-14H2,1,3-4H3,(H,43,44)/t18-,19-,21+,22+,25+,26+,27-,28-,29+,31+,33?,34?/m0/s1. The molecule has 0 spiro atoms. The molecule has 2 aliphatic heterocycles. The lowest BCUT2D eigenvalue weighted by molar-refractivity contribution is -0.358. The quantitative estimate of drug-likeness (QED) is 0.104. The molecule has 0 saturated carbocycles. The van der Waals surface area contributed by atoms with E-state index >= 15 is 0 Å². The van der Waals surface area contributed by atoms with Crippen LogP contribution in [-0.2, 0) is 20.6 Å². The first-order valence-electron chi connectivity index (χ1n) is 16.4. The van der Waals surface area contributed by atoms with E-state index in [1.807, 2.05) is 26.8 Å². The van der Waals surface area contributed by atoms with Gasteiger partial charge in [0.25, 0.3) is 0 Å². The van der Waals surface area contributed by atoms with Crippen LogP contribution in [0.4, 0.5) is 0 Å². The number of benzene rings is 1. The van der Waals surface area contributed by atoms with Gasteiger partial charge in [0.05, 0.1) is 13.2 Å². The van der Waals surface area contributed by atoms with Crippen molar-refractivity contribution in [3.63, 3.8) is 0 Å². The summed E-state index contributed by atoms with van der Waals surface area (Å²) in [7, 11) is 0. The van der Waals surface area contributed by atoms with E-state index in [2.05, 4.69) is 6.58 Å². The van der Waals surface area contributed by atoms with Gasteiger partial charge in [-0.1, -0.05) is 43.6 Å². The van der Waals surface area contributed by atoms with Gasteiger partial charge in [-0.05, 0) is 57.1 Å². The zero-order valence-electron chi connectivity index (χ0n) is 27.5. The van der Waals surface area contributed by atoms with Gasteiger partial charge in [0.15, 0.2) is 12.4 Å². The fourth-order valence-electron chi connectivity index (χ4n) is 6.81. The van der Waals surface area contributed by atoms with Gasteiger partial charge >= 0.3 is 5.97 Å². The number of phenols is 1. The molecule has 0 aromatic heterocycles. The molecule has 2 fully saturated rings. The Bertz CT molecular complexity index is 1310. The number of aliphatic hydroxyl groups excluding tert-OH is 7. The third kappa shape index (κ3) is 7.88. The fourth-order valence-corrected chi connectivity index (χ4v) is 6.81. The second-order valence-electron chi connectivity index (χ2n) is 13.1. The zero-order chi connectivity index (χ0) is 35.4. The van der Waals surface area contributed by atoms with Crippen molar-refractivity contribution in [1.82, 2.24) is 0 Å². The minimum Gasteiger partial charge on any atom is -0.507 e. The molecule has 48 heavy (non-hydrogen) atoms. The van der Waals surface area contributed by atoms with Crippen LogP contribution in [0.3, 0.4) is 0 Å². The average molecular weight is 683 g/mol. The molecule has 1 aromatic rings. The molecule has 3 aliphatic rings. The monoisotopic (exact) mass is 682 g/mol. The Morgan fingerprint density at radius 2 is 1.58 bits per heavy atom. The van der Waals surface area contributed by atoms with Crippen LogP contribution < -0.4 is 4.74 Å². The van der Waals surface area contributed by atoms with Crippen molar-refractivity contribution in [1.29, 1.82) is 0 Å². The Kier molecular flexibility index (Phi) is 13.0. The van der Waals surface area contributed by atoms with Crippen LogP contribution >= 0.6 is 0 Å². The molecule has 4 rings (SSSR count). The number of aryl methyl sites for hydroxylation is 1. The van der Waals surface area contributed by atoms with Crippen molar-refractivity contribution in [3.05, 3.63) is 46.6 Å². The third-order valence-electron chi connectivity index (χ3n) is 9.56. The number of rotatable bonds is 13. The minimum atomic E-state index is -1.90. The number of allylic oxidation sites excluding steroid dienone is 3. The van der Waals surface area contributed by atoms with Gasteiger partial charge in [0.2, 0.25) is 6.29 Å². The number of ether oxygens (including phenoxy) is 4. The highest BCUT2D eigenvalue weighted by atomic mass is 16.8. The summed E-state index contributed by atoms with van der Waals surface area (Å²) in [5, 5.41) is 95.0. The molecule has 0 bridgehead atoms. The SMILES string of the molecule is C=C(C)[C@@H]1CCC(C)=C[C@@H]1c1c(O)cc(CCCCC)c(C(=O)O)c1OC1O[C@H](CO)[C@@H](O)[C@H](O)[C@H]1OC1O[C@H](CO)[C@@H](O)[C@H](O)[C@H]1O. The van der Waals surface area contributed by atoms with Crippen LogP contribution in [0.15, 0.2) is 29.9 Å². The zero-order valence-corrected chi connectivity index (χ0v) is 27.5. The summed E-state index contributed by atoms with van der Waals surface area (Å²) in [4.78, 5) is 13.0. The largest absolute Gasteiger partial charge is 0.507 e. The Morgan fingerprint density at radius 3 is 2.17 bits per heavy atom. The number of aromatic carboxylic acids is 1. The molecule has 14 nitrogen and oxygen atoms in total. The number of carboxylic acid groups (broad SMARTS) is 1. The predicted octanol–water partition coefficient (Wildman–Crippen LogP) is 0.842. The lowest BCUT2D eigenvalue weighted by Crippen LogP contribution is -2.65. The van der Waals surface area contributed by atoms with Crippen LogP contribution in [0.2, 0.25) is 0 Å². The van der Waals surface area contributed by atoms with Crippen molar-refractivity contribution in [2.24, 2.45) is 5.92 Å². The predicted molar refractivity (Wildman–Crippen MR) is 169 cm³/mol. The van der Waals surface area contributed by atoms with Crippen LogP contribution in [0.1, 0.15) is 80.3 Å². The number of unbranched alkanes of at least 4 members (excludes halogenated alkanes) is 2. The second-order valence-corrected chi connectivity index (χ2v) is 13.1. The lowest BCUT2D eigenvalue weighted by Gasteiger charge is -2.46. The maximum absolute atomic E-state index is 13.0. The molecule has 270 valence electrons. The average Bonchev–Trinajstić information content (AvgIpc) is 3.04. The normalized spacial score (nSPS) is 35.6. The summed E-state index contributed by atoms with van der Waals surface area (Å²) in [5.41, 5.74) is 1.97. The van der Waals surface area contributed by atoms with Gasteiger partial charge in [-0.15, -0.1) is 0 Å². The molecule has 2 unspecified atom stereocenters. The van der Waals surface area contributed by atoms with Gasteiger partial charge in [-0.3, -0.25) is 0 Å². The van der Waals surface area contributed by atoms with Crippen molar-refractivity contribution in [2.75, 3.05) is 13.2 Å². The van der Waals surface area contributed by atoms with Crippen LogP contribution in [-0.4, -0.2) is 127 Å². The summed E-state index contributed by atoms with van der Waals surface area (Å²) < 4.78 is 23.5. The lowest BCUT2D eigenvalue weighted by atomic mass is 9.73. The summed E-state index contributed by atoms with van der Waals surface area (Å²) >= 11 is 0. The molecule has 14 heteroatoms. The second kappa shape index (κ2) is 16.4. The highest BCUT2D eigenvalue weighted by molar-refractivity contribution is 5.94. The fraction of sp³-hybridized carbons (Fsp3) is 0.676. The first-order chi connectivity index (χ1) is 22.7. The van der Waals surface area contributed by atoms with E-state index in [0.29, 0.717) is 19.3 Å². The first-order valence-corrected chi connectivity index (χ1v) is 16.4. The van der Waals surface area contributed by atoms with Crippen LogP contribution in [0, 0.1) is 5.92 Å². The minimum absolute atomic E-state index is 0.134. The number of hydrogen-bond donors (Lipinski definition) is 9. The van der Waals surface area contributed by atoms with Crippen LogP contribution in [0.25, 0.3) is 0 Å². The Labute approximate surface area is 279 Å². The number of hydrogen-bond acceptors (Lipinski definition) is 13. The maximum Gasteiger partial charge on any atom is 0.339 e. The smallest absolute Gasteiger partial charge is 0.339 e. The van der Waals surface area contributed by atoms with Crippen molar-refractivity contribution in [3.8, 4) is 11.5 Å². The summed E-state index contributed by atoms with van der Waals surface area (Å²) in [6.45, 7) is 8.35. The van der Waals surface area contributed by atoms with E-state index < -0.39 is 86.5 Å². The summed E-state index contributed by atoms with van der Waals surface area (Å²) in [6, 6.07) is 1.42. The molecule has 1 aromatic carbocycles. The van der Waals surface area contributed by atoms with Gasteiger partial charge < -0.3 is 64.9 Å². The molecule has 1 aliphatic carbocycles. The van der Waals surface area contributed by atoms with E-state index in [0.717, 1.165) is 30.4 Å². The van der Waals surface area contributed by atoms with Gasteiger partial charge in [0.1, 0.15) is 59.8 Å². The summed E-state index contributed by atoms with van der Waals surface area (Å²) in [6.07, 6.45) is -11.3.